The van der Waals surface area contributed by atoms with Gasteiger partial charge in [-0.2, -0.15) is 0 Å². The SMILES string of the molecule is CCS(=O)(=O)CCC(C)(CN)C(=O)O. The maximum Gasteiger partial charge on any atom is 0.310 e. The maximum absolute atomic E-state index is 11.2. The first-order chi connectivity index (χ1) is 6.27. The van der Waals surface area contributed by atoms with Crippen LogP contribution in [0.5, 0.6) is 0 Å². The average molecular weight is 223 g/mol. The van der Waals surface area contributed by atoms with Crippen molar-refractivity contribution in [3.63, 3.8) is 0 Å². The van der Waals surface area contributed by atoms with Gasteiger partial charge < -0.3 is 10.8 Å². The van der Waals surface area contributed by atoms with E-state index >= 15 is 0 Å². The molecule has 6 heteroatoms. The van der Waals surface area contributed by atoms with Crippen molar-refractivity contribution in [2.45, 2.75) is 20.3 Å². The molecule has 5 nitrogen and oxygen atoms in total. The fraction of sp³-hybridized carbons (Fsp3) is 0.875. The van der Waals surface area contributed by atoms with E-state index in [-0.39, 0.29) is 24.5 Å². The van der Waals surface area contributed by atoms with Crippen LogP contribution in [-0.2, 0) is 14.6 Å². The molecule has 0 aliphatic heterocycles. The van der Waals surface area contributed by atoms with Crippen LogP contribution in [0, 0.1) is 5.41 Å². The summed E-state index contributed by atoms with van der Waals surface area (Å²) in [6.07, 6.45) is 0.0645. The summed E-state index contributed by atoms with van der Waals surface area (Å²) < 4.78 is 22.3. The van der Waals surface area contributed by atoms with Gasteiger partial charge in [-0.15, -0.1) is 0 Å². The molecule has 14 heavy (non-hydrogen) atoms. The summed E-state index contributed by atoms with van der Waals surface area (Å²) in [5, 5.41) is 8.83. The molecule has 84 valence electrons. The van der Waals surface area contributed by atoms with E-state index in [2.05, 4.69) is 0 Å². The molecule has 0 aromatic heterocycles. The van der Waals surface area contributed by atoms with E-state index in [4.69, 9.17) is 10.8 Å². The zero-order valence-corrected chi connectivity index (χ0v) is 9.30. The molecule has 0 fully saturated rings. The van der Waals surface area contributed by atoms with E-state index in [0.29, 0.717) is 0 Å². The second kappa shape index (κ2) is 4.75. The van der Waals surface area contributed by atoms with Crippen molar-refractivity contribution in [1.29, 1.82) is 0 Å². The number of hydrogen-bond acceptors (Lipinski definition) is 4. The largest absolute Gasteiger partial charge is 0.481 e. The first-order valence-electron chi connectivity index (χ1n) is 4.41. The van der Waals surface area contributed by atoms with Crippen LogP contribution < -0.4 is 5.73 Å². The normalized spacial score (nSPS) is 16.2. The monoisotopic (exact) mass is 223 g/mol. The molecule has 0 amide bonds. The zero-order valence-electron chi connectivity index (χ0n) is 8.49. The lowest BCUT2D eigenvalue weighted by Crippen LogP contribution is -2.37. The lowest BCUT2D eigenvalue weighted by Gasteiger charge is -2.22. The third-order valence-electron chi connectivity index (χ3n) is 2.37. The fourth-order valence-corrected chi connectivity index (χ4v) is 1.87. The summed E-state index contributed by atoms with van der Waals surface area (Å²) in [6, 6.07) is 0. The minimum atomic E-state index is -3.12. The third-order valence-corrected chi connectivity index (χ3v) is 4.08. The highest BCUT2D eigenvalue weighted by Gasteiger charge is 2.32. The van der Waals surface area contributed by atoms with Crippen molar-refractivity contribution < 1.29 is 18.3 Å². The minimum absolute atomic E-state index is 0.0350. The lowest BCUT2D eigenvalue weighted by atomic mass is 9.88. The maximum atomic E-state index is 11.2. The molecule has 0 saturated heterocycles. The molecule has 0 aromatic rings. The number of carbonyl (C=O) groups is 1. The molecule has 3 N–H and O–H groups in total. The molecule has 0 aliphatic carbocycles. The molecule has 0 aromatic carbocycles. The number of rotatable bonds is 6. The van der Waals surface area contributed by atoms with Crippen molar-refractivity contribution in [1.82, 2.24) is 0 Å². The number of carboxylic acids is 1. The van der Waals surface area contributed by atoms with Crippen molar-refractivity contribution >= 4 is 15.8 Å². The van der Waals surface area contributed by atoms with E-state index in [1.54, 1.807) is 0 Å². The smallest absolute Gasteiger partial charge is 0.310 e. The highest BCUT2D eigenvalue weighted by atomic mass is 32.2. The van der Waals surface area contributed by atoms with Crippen LogP contribution >= 0.6 is 0 Å². The van der Waals surface area contributed by atoms with Gasteiger partial charge >= 0.3 is 5.97 Å². The van der Waals surface area contributed by atoms with Crippen LogP contribution in [0.4, 0.5) is 0 Å². The molecule has 0 bridgehead atoms. The highest BCUT2D eigenvalue weighted by Crippen LogP contribution is 2.20. The third kappa shape index (κ3) is 3.63. The van der Waals surface area contributed by atoms with E-state index in [9.17, 15) is 13.2 Å². The van der Waals surface area contributed by atoms with Crippen LogP contribution in [0.1, 0.15) is 20.3 Å². The lowest BCUT2D eigenvalue weighted by molar-refractivity contribution is -0.147. The highest BCUT2D eigenvalue weighted by molar-refractivity contribution is 7.91. The Hall–Kier alpha value is -0.620. The standard InChI is InChI=1S/C8H17NO4S/c1-3-14(12,13)5-4-8(2,6-9)7(10)11/h3-6,9H2,1-2H3,(H,10,11). The number of sulfone groups is 1. The Bertz CT molecular complexity index is 298. The minimum Gasteiger partial charge on any atom is -0.481 e. The van der Waals surface area contributed by atoms with Gasteiger partial charge in [-0.05, 0) is 13.3 Å². The van der Waals surface area contributed by atoms with Crippen LogP contribution in [0.2, 0.25) is 0 Å². The Morgan fingerprint density at radius 1 is 1.50 bits per heavy atom. The second-order valence-electron chi connectivity index (χ2n) is 3.56. The van der Waals surface area contributed by atoms with Crippen molar-refractivity contribution in [2.75, 3.05) is 18.1 Å². The summed E-state index contributed by atoms with van der Waals surface area (Å²) in [5.74, 6) is -1.14. The van der Waals surface area contributed by atoms with Gasteiger partial charge in [0.1, 0.15) is 9.84 Å². The van der Waals surface area contributed by atoms with Crippen LogP contribution in [-0.4, -0.2) is 37.5 Å². The van der Waals surface area contributed by atoms with Crippen LogP contribution in [0.3, 0.4) is 0 Å². The van der Waals surface area contributed by atoms with E-state index < -0.39 is 21.2 Å². The summed E-state index contributed by atoms with van der Waals surface area (Å²) >= 11 is 0. The molecular formula is C8H17NO4S. The van der Waals surface area contributed by atoms with E-state index in [1.807, 2.05) is 0 Å². The van der Waals surface area contributed by atoms with Gasteiger partial charge in [-0.3, -0.25) is 4.79 Å². The summed E-state index contributed by atoms with van der Waals surface area (Å²) in [7, 11) is -3.12. The second-order valence-corrected chi connectivity index (χ2v) is 6.03. The Balaban J connectivity index is 4.44. The first-order valence-corrected chi connectivity index (χ1v) is 6.23. The number of aliphatic carboxylic acids is 1. The quantitative estimate of drug-likeness (QED) is 0.653. The molecule has 0 aliphatic rings. The van der Waals surface area contributed by atoms with Gasteiger partial charge in [-0.25, -0.2) is 8.42 Å². The Morgan fingerprint density at radius 2 is 2.00 bits per heavy atom. The van der Waals surface area contributed by atoms with E-state index in [0.717, 1.165) is 0 Å². The van der Waals surface area contributed by atoms with Gasteiger partial charge in [0.25, 0.3) is 0 Å². The fourth-order valence-electron chi connectivity index (χ4n) is 0.821. The predicted octanol–water partition coefficient (Wildman–Crippen LogP) is -0.139. The van der Waals surface area contributed by atoms with Gasteiger partial charge in [0.15, 0.2) is 0 Å². The topological polar surface area (TPSA) is 97.5 Å². The molecular weight excluding hydrogens is 206 g/mol. The van der Waals surface area contributed by atoms with Gasteiger partial charge in [0.2, 0.25) is 0 Å². The molecule has 1 atom stereocenters. The van der Waals surface area contributed by atoms with Crippen LogP contribution in [0.25, 0.3) is 0 Å². The Kier molecular flexibility index (Phi) is 4.54. The summed E-state index contributed by atoms with van der Waals surface area (Å²) in [5.41, 5.74) is 4.17. The molecule has 0 spiro atoms. The number of nitrogens with two attached hydrogens (primary N) is 1. The van der Waals surface area contributed by atoms with Crippen molar-refractivity contribution in [3.05, 3.63) is 0 Å². The van der Waals surface area contributed by atoms with E-state index in [1.165, 1.54) is 13.8 Å². The van der Waals surface area contributed by atoms with Gasteiger partial charge in [0.05, 0.1) is 11.2 Å². The summed E-state index contributed by atoms with van der Waals surface area (Å²) in [4.78, 5) is 10.8. The average Bonchev–Trinajstić information content (AvgIpc) is 2.14. The van der Waals surface area contributed by atoms with Crippen molar-refractivity contribution in [2.24, 2.45) is 11.1 Å². The predicted molar refractivity (Wildman–Crippen MR) is 53.7 cm³/mol. The Labute approximate surface area is 84.2 Å². The molecule has 0 saturated carbocycles. The summed E-state index contributed by atoms with van der Waals surface area (Å²) in [6.45, 7) is 2.94. The molecule has 1 unspecified atom stereocenters. The number of hydrogen-bond donors (Lipinski definition) is 2. The molecule has 0 radical (unpaired) electrons. The first kappa shape index (κ1) is 13.4. The number of carboxylic acid groups (broad SMARTS) is 1. The molecule has 0 rings (SSSR count). The van der Waals surface area contributed by atoms with Gasteiger partial charge in [0, 0.05) is 12.3 Å². The van der Waals surface area contributed by atoms with Gasteiger partial charge in [-0.1, -0.05) is 6.92 Å². The molecule has 0 heterocycles. The Morgan fingerprint density at radius 3 is 2.29 bits per heavy atom. The van der Waals surface area contributed by atoms with Crippen molar-refractivity contribution in [3.8, 4) is 0 Å². The zero-order chi connectivity index (χ0) is 11.4. The van der Waals surface area contributed by atoms with Crippen LogP contribution in [0.15, 0.2) is 0 Å².